The van der Waals surface area contributed by atoms with E-state index < -0.39 is 0 Å². The molecule has 0 aromatic heterocycles. The molecule has 0 aromatic carbocycles. The maximum atomic E-state index is 11.1. The van der Waals surface area contributed by atoms with Gasteiger partial charge in [-0.3, -0.25) is 4.79 Å². The number of hydrogen-bond acceptors (Lipinski definition) is 2. The van der Waals surface area contributed by atoms with Gasteiger partial charge < -0.3 is 10.7 Å². The molecule has 1 amide bonds. The lowest BCUT2D eigenvalue weighted by atomic mass is 10.2. The fourth-order valence-corrected chi connectivity index (χ4v) is 0.625. The van der Waals surface area contributed by atoms with Crippen molar-refractivity contribution in [3.63, 3.8) is 0 Å². The predicted octanol–water partition coefficient (Wildman–Crippen LogP) is 1.11. The van der Waals surface area contributed by atoms with Crippen molar-refractivity contribution in [1.82, 2.24) is 5.32 Å². The van der Waals surface area contributed by atoms with E-state index in [4.69, 9.17) is 5.41 Å². The summed E-state index contributed by atoms with van der Waals surface area (Å²) >= 11 is 0. The highest BCUT2D eigenvalue weighted by atomic mass is 16.1. The van der Waals surface area contributed by atoms with E-state index in [1.54, 1.807) is 13.0 Å². The van der Waals surface area contributed by atoms with Crippen molar-refractivity contribution in [2.24, 2.45) is 0 Å². The molecule has 2 N–H and O–H groups in total. The Morgan fingerprint density at radius 1 is 1.55 bits per heavy atom. The molecule has 0 heterocycles. The van der Waals surface area contributed by atoms with Crippen LogP contribution >= 0.6 is 0 Å². The SMILES string of the molecule is C/C=C(\C=N)C(=O)NC(C)C. The molecular formula is C8H14N2O. The summed E-state index contributed by atoms with van der Waals surface area (Å²) in [5.41, 5.74) is 0.402. The summed E-state index contributed by atoms with van der Waals surface area (Å²) in [6.45, 7) is 5.50. The Morgan fingerprint density at radius 2 is 2.09 bits per heavy atom. The molecule has 0 aliphatic carbocycles. The molecular weight excluding hydrogens is 140 g/mol. The Labute approximate surface area is 67.0 Å². The second kappa shape index (κ2) is 4.66. The first-order chi connectivity index (χ1) is 5.11. The van der Waals surface area contributed by atoms with E-state index in [1.165, 1.54) is 0 Å². The maximum Gasteiger partial charge on any atom is 0.252 e. The van der Waals surface area contributed by atoms with E-state index in [0.29, 0.717) is 5.57 Å². The van der Waals surface area contributed by atoms with Gasteiger partial charge in [-0.2, -0.15) is 0 Å². The molecule has 0 atom stereocenters. The van der Waals surface area contributed by atoms with Crippen molar-refractivity contribution < 1.29 is 4.79 Å². The van der Waals surface area contributed by atoms with Gasteiger partial charge in [-0.05, 0) is 20.8 Å². The van der Waals surface area contributed by atoms with Gasteiger partial charge in [0.2, 0.25) is 0 Å². The van der Waals surface area contributed by atoms with Crippen molar-refractivity contribution in [3.05, 3.63) is 11.6 Å². The molecule has 0 fully saturated rings. The van der Waals surface area contributed by atoms with Crippen LogP contribution in [0.2, 0.25) is 0 Å². The normalized spacial score (nSPS) is 11.5. The van der Waals surface area contributed by atoms with Crippen LogP contribution < -0.4 is 5.32 Å². The van der Waals surface area contributed by atoms with Gasteiger partial charge in [0.1, 0.15) is 0 Å². The van der Waals surface area contributed by atoms with Gasteiger partial charge >= 0.3 is 0 Å². The average Bonchev–Trinajstić information content (AvgIpc) is 1.88. The van der Waals surface area contributed by atoms with Crippen LogP contribution in [0.3, 0.4) is 0 Å². The first kappa shape index (κ1) is 9.88. The summed E-state index contributed by atoms with van der Waals surface area (Å²) in [6.07, 6.45) is 2.67. The van der Waals surface area contributed by atoms with Gasteiger partial charge in [0.25, 0.3) is 5.91 Å². The molecule has 0 bridgehead atoms. The van der Waals surface area contributed by atoms with E-state index in [9.17, 15) is 4.79 Å². The lowest BCUT2D eigenvalue weighted by molar-refractivity contribution is -0.117. The fraction of sp³-hybridized carbons (Fsp3) is 0.500. The topological polar surface area (TPSA) is 53.0 Å². The second-order valence-electron chi connectivity index (χ2n) is 2.52. The van der Waals surface area contributed by atoms with Crippen molar-refractivity contribution in [3.8, 4) is 0 Å². The lowest BCUT2D eigenvalue weighted by Crippen LogP contribution is -2.31. The zero-order valence-corrected chi connectivity index (χ0v) is 7.14. The average molecular weight is 154 g/mol. The van der Waals surface area contributed by atoms with Crippen LogP contribution in [0.1, 0.15) is 20.8 Å². The lowest BCUT2D eigenvalue weighted by Gasteiger charge is -2.07. The summed E-state index contributed by atoms with van der Waals surface area (Å²) in [5.74, 6) is -0.183. The van der Waals surface area contributed by atoms with E-state index in [0.717, 1.165) is 6.21 Å². The third-order valence-electron chi connectivity index (χ3n) is 1.15. The zero-order valence-electron chi connectivity index (χ0n) is 7.14. The number of nitrogens with one attached hydrogen (secondary N) is 2. The quantitative estimate of drug-likeness (QED) is 0.464. The smallest absolute Gasteiger partial charge is 0.252 e. The number of hydrogen-bond donors (Lipinski definition) is 2. The number of rotatable bonds is 3. The van der Waals surface area contributed by atoms with Crippen molar-refractivity contribution >= 4 is 12.1 Å². The van der Waals surface area contributed by atoms with Gasteiger partial charge in [0, 0.05) is 12.3 Å². The van der Waals surface area contributed by atoms with Crippen LogP contribution in [0.4, 0.5) is 0 Å². The van der Waals surface area contributed by atoms with Crippen LogP contribution in [-0.2, 0) is 4.79 Å². The van der Waals surface area contributed by atoms with Crippen LogP contribution in [0.25, 0.3) is 0 Å². The summed E-state index contributed by atoms with van der Waals surface area (Å²) in [6, 6.07) is 0.123. The molecule has 0 aliphatic rings. The second-order valence-corrected chi connectivity index (χ2v) is 2.52. The predicted molar refractivity (Wildman–Crippen MR) is 45.8 cm³/mol. The molecule has 0 aromatic rings. The molecule has 0 aliphatic heterocycles. The summed E-state index contributed by atoms with van der Waals surface area (Å²) in [7, 11) is 0. The Balaban J connectivity index is 4.12. The number of carbonyl (C=O) groups excluding carboxylic acids is 1. The first-order valence-electron chi connectivity index (χ1n) is 3.59. The summed E-state index contributed by atoms with van der Waals surface area (Å²) in [5, 5.41) is 9.57. The van der Waals surface area contributed by atoms with E-state index in [-0.39, 0.29) is 11.9 Å². The Hall–Kier alpha value is -1.12. The van der Waals surface area contributed by atoms with E-state index >= 15 is 0 Å². The van der Waals surface area contributed by atoms with Crippen molar-refractivity contribution in [2.45, 2.75) is 26.8 Å². The largest absolute Gasteiger partial charge is 0.350 e. The molecule has 0 rings (SSSR count). The number of carbonyl (C=O) groups is 1. The molecule has 0 saturated heterocycles. The highest BCUT2D eigenvalue weighted by Gasteiger charge is 2.05. The van der Waals surface area contributed by atoms with Gasteiger partial charge in [0.15, 0.2) is 0 Å². The van der Waals surface area contributed by atoms with Gasteiger partial charge in [-0.25, -0.2) is 0 Å². The minimum atomic E-state index is -0.183. The molecule has 0 radical (unpaired) electrons. The molecule has 0 unspecified atom stereocenters. The number of amides is 1. The van der Waals surface area contributed by atoms with Crippen LogP contribution in [0, 0.1) is 5.41 Å². The zero-order chi connectivity index (χ0) is 8.85. The molecule has 0 saturated carbocycles. The van der Waals surface area contributed by atoms with Crippen LogP contribution in [-0.4, -0.2) is 18.2 Å². The Kier molecular flexibility index (Phi) is 4.18. The Morgan fingerprint density at radius 3 is 2.36 bits per heavy atom. The van der Waals surface area contributed by atoms with Gasteiger partial charge in [0.05, 0.1) is 5.57 Å². The van der Waals surface area contributed by atoms with Crippen LogP contribution in [0.15, 0.2) is 11.6 Å². The minimum Gasteiger partial charge on any atom is -0.350 e. The molecule has 0 spiro atoms. The summed E-state index contributed by atoms with van der Waals surface area (Å²) in [4.78, 5) is 11.1. The van der Waals surface area contributed by atoms with Crippen molar-refractivity contribution in [2.75, 3.05) is 0 Å². The summed E-state index contributed by atoms with van der Waals surface area (Å²) < 4.78 is 0. The highest BCUT2D eigenvalue weighted by molar-refractivity contribution is 6.11. The van der Waals surface area contributed by atoms with E-state index in [1.807, 2.05) is 13.8 Å². The molecule has 3 nitrogen and oxygen atoms in total. The molecule has 3 heteroatoms. The van der Waals surface area contributed by atoms with Gasteiger partial charge in [-0.1, -0.05) is 6.08 Å². The van der Waals surface area contributed by atoms with Crippen LogP contribution in [0.5, 0.6) is 0 Å². The third kappa shape index (κ3) is 3.55. The third-order valence-corrected chi connectivity index (χ3v) is 1.15. The Bertz CT molecular complexity index is 183. The van der Waals surface area contributed by atoms with E-state index in [2.05, 4.69) is 5.32 Å². The maximum absolute atomic E-state index is 11.1. The monoisotopic (exact) mass is 154 g/mol. The van der Waals surface area contributed by atoms with Gasteiger partial charge in [-0.15, -0.1) is 0 Å². The molecule has 11 heavy (non-hydrogen) atoms. The number of allylic oxidation sites excluding steroid dienone is 1. The highest BCUT2D eigenvalue weighted by Crippen LogP contribution is 1.90. The first-order valence-corrected chi connectivity index (χ1v) is 3.59. The fourth-order valence-electron chi connectivity index (χ4n) is 0.625. The minimum absolute atomic E-state index is 0.123. The molecule has 62 valence electrons. The standard InChI is InChI=1S/C8H14N2O/c1-4-7(5-9)8(11)10-6(2)3/h4-6,9H,1-3H3,(H,10,11)/b7-4+,9-5?. The van der Waals surface area contributed by atoms with Crippen molar-refractivity contribution in [1.29, 1.82) is 5.41 Å².